The van der Waals surface area contributed by atoms with Crippen molar-refractivity contribution in [2.45, 2.75) is 38.4 Å². The van der Waals surface area contributed by atoms with E-state index in [1.165, 1.54) is 17.3 Å². The third kappa shape index (κ3) is 5.26. The van der Waals surface area contributed by atoms with Crippen molar-refractivity contribution in [2.75, 3.05) is 19.3 Å². The first-order valence-electron chi connectivity index (χ1n) is 9.91. The van der Waals surface area contributed by atoms with Crippen LogP contribution in [0.25, 0.3) is 10.9 Å². The molecule has 0 unspecified atom stereocenters. The lowest BCUT2D eigenvalue weighted by molar-refractivity contribution is -0.127. The van der Waals surface area contributed by atoms with E-state index in [1.807, 2.05) is 56.4 Å². The molecule has 5 nitrogen and oxygen atoms in total. The summed E-state index contributed by atoms with van der Waals surface area (Å²) in [5.41, 5.74) is 2.79. The minimum atomic E-state index is -0.0783. The molecule has 6 heteroatoms. The fourth-order valence-electron chi connectivity index (χ4n) is 3.03. The first-order chi connectivity index (χ1) is 14.0. The van der Waals surface area contributed by atoms with Crippen LogP contribution in [-0.2, 0) is 11.3 Å². The van der Waals surface area contributed by atoms with E-state index in [-0.39, 0.29) is 17.2 Å². The number of carbonyl (C=O) groups is 1. The lowest BCUT2D eigenvalue weighted by Gasteiger charge is -2.17. The topological polar surface area (TPSA) is 55.2 Å². The van der Waals surface area contributed by atoms with E-state index in [4.69, 9.17) is 4.98 Å². The lowest BCUT2D eigenvalue weighted by Crippen LogP contribution is -2.30. The summed E-state index contributed by atoms with van der Waals surface area (Å²) in [6.07, 6.45) is 2.03. The monoisotopic (exact) mass is 409 g/mol. The molecule has 0 atom stereocenters. The molecule has 29 heavy (non-hydrogen) atoms. The highest BCUT2D eigenvalue weighted by atomic mass is 32.2. The highest BCUT2D eigenvalue weighted by Crippen LogP contribution is 2.19. The zero-order valence-corrected chi connectivity index (χ0v) is 18.0. The molecule has 1 aromatic heterocycles. The second-order valence-corrected chi connectivity index (χ2v) is 8.19. The standard InChI is InChI=1S/C23H27N3O2S/c1-4-5-14-25(3)21(27)16-29-23-24-20-9-7-6-8-19(20)22(28)26(23)15-18-12-10-17(2)11-13-18/h6-13H,4-5,14-16H2,1-3H3. The summed E-state index contributed by atoms with van der Waals surface area (Å²) >= 11 is 1.33. The van der Waals surface area contributed by atoms with Crippen LogP contribution >= 0.6 is 11.8 Å². The Morgan fingerprint density at radius 2 is 1.86 bits per heavy atom. The van der Waals surface area contributed by atoms with E-state index in [1.54, 1.807) is 15.5 Å². The van der Waals surface area contributed by atoms with E-state index in [2.05, 4.69) is 6.92 Å². The second kappa shape index (κ2) is 9.74. The van der Waals surface area contributed by atoms with Crippen LogP contribution in [0.3, 0.4) is 0 Å². The number of unbranched alkanes of at least 4 members (excludes halogenated alkanes) is 1. The maximum Gasteiger partial charge on any atom is 0.262 e. The van der Waals surface area contributed by atoms with Gasteiger partial charge in [-0.3, -0.25) is 14.2 Å². The first kappa shape index (κ1) is 21.1. The maximum atomic E-state index is 13.2. The fourth-order valence-corrected chi connectivity index (χ4v) is 3.97. The number of thioether (sulfide) groups is 1. The average Bonchev–Trinajstić information content (AvgIpc) is 2.74. The van der Waals surface area contributed by atoms with Crippen molar-refractivity contribution in [1.29, 1.82) is 0 Å². The summed E-state index contributed by atoms with van der Waals surface area (Å²) in [6.45, 7) is 5.32. The molecule has 3 aromatic rings. The minimum absolute atomic E-state index is 0.0488. The van der Waals surface area contributed by atoms with Gasteiger partial charge in [-0.2, -0.15) is 0 Å². The van der Waals surface area contributed by atoms with Crippen LogP contribution in [0.2, 0.25) is 0 Å². The van der Waals surface area contributed by atoms with Gasteiger partial charge in [0.15, 0.2) is 5.16 Å². The minimum Gasteiger partial charge on any atom is -0.345 e. The molecule has 0 saturated carbocycles. The van der Waals surface area contributed by atoms with Crippen LogP contribution in [0.1, 0.15) is 30.9 Å². The van der Waals surface area contributed by atoms with Gasteiger partial charge >= 0.3 is 0 Å². The van der Waals surface area contributed by atoms with Crippen LogP contribution in [0.15, 0.2) is 58.5 Å². The van der Waals surface area contributed by atoms with Gasteiger partial charge in [0.2, 0.25) is 5.91 Å². The predicted octanol–water partition coefficient (Wildman–Crippen LogP) is 4.10. The molecule has 1 amide bonds. The van der Waals surface area contributed by atoms with Gasteiger partial charge < -0.3 is 4.90 Å². The largest absolute Gasteiger partial charge is 0.345 e. The van der Waals surface area contributed by atoms with Crippen molar-refractivity contribution >= 4 is 28.6 Å². The number of aryl methyl sites for hydroxylation is 1. The third-order valence-corrected chi connectivity index (χ3v) is 5.85. The number of hydrogen-bond donors (Lipinski definition) is 0. The molecule has 0 fully saturated rings. The summed E-state index contributed by atoms with van der Waals surface area (Å²) in [6, 6.07) is 15.5. The summed E-state index contributed by atoms with van der Waals surface area (Å²) in [5, 5.41) is 1.17. The molecule has 3 rings (SSSR count). The van der Waals surface area contributed by atoms with Crippen LogP contribution in [0.4, 0.5) is 0 Å². The second-order valence-electron chi connectivity index (χ2n) is 7.25. The average molecular weight is 410 g/mol. The Labute approximate surface area is 175 Å². The number of fused-ring (bicyclic) bond motifs is 1. The van der Waals surface area contributed by atoms with E-state index >= 15 is 0 Å². The number of para-hydroxylation sites is 1. The summed E-state index contributed by atoms with van der Waals surface area (Å²) in [5.74, 6) is 0.312. The molecule has 0 aliphatic rings. The molecule has 0 bridgehead atoms. The van der Waals surface area contributed by atoms with E-state index in [0.717, 1.165) is 24.9 Å². The number of amides is 1. The van der Waals surface area contributed by atoms with E-state index < -0.39 is 0 Å². The van der Waals surface area contributed by atoms with Crippen molar-refractivity contribution in [2.24, 2.45) is 0 Å². The van der Waals surface area contributed by atoms with Crippen molar-refractivity contribution in [1.82, 2.24) is 14.5 Å². The van der Waals surface area contributed by atoms with Crippen LogP contribution in [0.5, 0.6) is 0 Å². The number of benzene rings is 2. The molecule has 1 heterocycles. The van der Waals surface area contributed by atoms with Crippen molar-refractivity contribution in [3.63, 3.8) is 0 Å². The Morgan fingerprint density at radius 3 is 2.59 bits per heavy atom. The van der Waals surface area contributed by atoms with Crippen LogP contribution in [-0.4, -0.2) is 39.7 Å². The Balaban J connectivity index is 1.90. The highest BCUT2D eigenvalue weighted by molar-refractivity contribution is 7.99. The van der Waals surface area contributed by atoms with Gasteiger partial charge in [0, 0.05) is 13.6 Å². The van der Waals surface area contributed by atoms with Crippen molar-refractivity contribution in [3.8, 4) is 0 Å². The van der Waals surface area contributed by atoms with Gasteiger partial charge in [-0.1, -0.05) is 67.1 Å². The number of rotatable bonds is 8. The Morgan fingerprint density at radius 1 is 1.14 bits per heavy atom. The zero-order valence-electron chi connectivity index (χ0n) is 17.2. The number of hydrogen-bond acceptors (Lipinski definition) is 4. The van der Waals surface area contributed by atoms with E-state index in [9.17, 15) is 9.59 Å². The Kier molecular flexibility index (Phi) is 7.09. The summed E-state index contributed by atoms with van der Waals surface area (Å²) < 4.78 is 1.68. The molecule has 0 radical (unpaired) electrons. The molecular weight excluding hydrogens is 382 g/mol. The summed E-state index contributed by atoms with van der Waals surface area (Å²) in [7, 11) is 1.83. The Hall–Kier alpha value is -2.60. The van der Waals surface area contributed by atoms with Crippen molar-refractivity contribution in [3.05, 3.63) is 70.0 Å². The number of aromatic nitrogens is 2. The first-order valence-corrected chi connectivity index (χ1v) is 10.9. The quantitative estimate of drug-likeness (QED) is 0.415. The molecule has 0 saturated heterocycles. The Bertz CT molecular complexity index is 1040. The normalized spacial score (nSPS) is 11.0. The number of carbonyl (C=O) groups excluding carboxylic acids is 1. The smallest absolute Gasteiger partial charge is 0.262 e. The molecule has 152 valence electrons. The number of nitrogens with zero attached hydrogens (tertiary/aromatic N) is 3. The molecule has 0 aliphatic carbocycles. The summed E-state index contributed by atoms with van der Waals surface area (Å²) in [4.78, 5) is 32.1. The van der Waals surface area contributed by atoms with Gasteiger partial charge in [-0.15, -0.1) is 0 Å². The van der Waals surface area contributed by atoms with Gasteiger partial charge in [-0.25, -0.2) is 4.98 Å². The van der Waals surface area contributed by atoms with Gasteiger partial charge in [-0.05, 0) is 31.0 Å². The predicted molar refractivity (Wildman–Crippen MR) is 120 cm³/mol. The van der Waals surface area contributed by atoms with Gasteiger partial charge in [0.1, 0.15) is 0 Å². The maximum absolute atomic E-state index is 13.2. The van der Waals surface area contributed by atoms with Crippen LogP contribution < -0.4 is 5.56 Å². The molecule has 0 spiro atoms. The van der Waals surface area contributed by atoms with Gasteiger partial charge in [0.25, 0.3) is 5.56 Å². The fraction of sp³-hybridized carbons (Fsp3) is 0.348. The zero-order chi connectivity index (χ0) is 20.8. The third-order valence-electron chi connectivity index (χ3n) is 4.89. The van der Waals surface area contributed by atoms with Gasteiger partial charge in [0.05, 0.1) is 23.2 Å². The van der Waals surface area contributed by atoms with E-state index in [0.29, 0.717) is 22.6 Å². The lowest BCUT2D eigenvalue weighted by atomic mass is 10.1. The molecule has 0 N–H and O–H groups in total. The highest BCUT2D eigenvalue weighted by Gasteiger charge is 2.15. The molecular formula is C23H27N3O2S. The van der Waals surface area contributed by atoms with Crippen LogP contribution in [0, 0.1) is 6.92 Å². The van der Waals surface area contributed by atoms with Crippen molar-refractivity contribution < 1.29 is 4.79 Å². The molecule has 0 aliphatic heterocycles. The SMILES string of the molecule is CCCCN(C)C(=O)CSc1nc2ccccc2c(=O)n1Cc1ccc(C)cc1. The molecule has 2 aromatic carbocycles.